The summed E-state index contributed by atoms with van der Waals surface area (Å²) in [6.07, 6.45) is 0. The molecule has 0 radical (unpaired) electrons. The van der Waals surface area contributed by atoms with E-state index in [1.807, 2.05) is 48.9 Å². The van der Waals surface area contributed by atoms with E-state index in [0.717, 1.165) is 18.7 Å². The first-order chi connectivity index (χ1) is 9.13. The van der Waals surface area contributed by atoms with Crippen LogP contribution >= 0.6 is 0 Å². The maximum absolute atomic E-state index is 12.1. The van der Waals surface area contributed by atoms with Crippen LogP contribution in [0.3, 0.4) is 0 Å². The SMILES string of the molecule is CCN(CC)C(=O)CN(C)C(CN)c1ccccc1. The highest BCUT2D eigenvalue weighted by Crippen LogP contribution is 2.17. The van der Waals surface area contributed by atoms with Crippen molar-refractivity contribution in [1.82, 2.24) is 9.80 Å². The predicted molar refractivity (Wildman–Crippen MR) is 78.8 cm³/mol. The molecule has 0 bridgehead atoms. The lowest BCUT2D eigenvalue weighted by molar-refractivity contribution is -0.132. The third-order valence-electron chi connectivity index (χ3n) is 3.44. The van der Waals surface area contributed by atoms with E-state index < -0.39 is 0 Å². The van der Waals surface area contributed by atoms with Crippen LogP contribution in [0.5, 0.6) is 0 Å². The lowest BCUT2D eigenvalue weighted by Gasteiger charge is -2.29. The molecule has 4 heteroatoms. The highest BCUT2D eigenvalue weighted by Gasteiger charge is 2.19. The van der Waals surface area contributed by atoms with Gasteiger partial charge in [0.25, 0.3) is 0 Å². The lowest BCUT2D eigenvalue weighted by Crippen LogP contribution is -2.41. The van der Waals surface area contributed by atoms with E-state index in [1.165, 1.54) is 0 Å². The molecule has 0 aliphatic carbocycles. The minimum absolute atomic E-state index is 0.0840. The summed E-state index contributed by atoms with van der Waals surface area (Å²) in [6.45, 7) is 6.41. The molecular weight excluding hydrogens is 238 g/mol. The summed E-state index contributed by atoms with van der Waals surface area (Å²) in [5, 5.41) is 0. The number of hydrogen-bond donors (Lipinski definition) is 1. The molecule has 106 valence electrons. The Morgan fingerprint density at radius 2 is 1.79 bits per heavy atom. The van der Waals surface area contributed by atoms with Gasteiger partial charge in [0.05, 0.1) is 6.54 Å². The number of likely N-dealkylation sites (N-methyl/N-ethyl adjacent to an activating group) is 2. The zero-order valence-corrected chi connectivity index (χ0v) is 12.2. The standard InChI is InChI=1S/C15H25N3O/c1-4-18(5-2)15(19)12-17(3)14(11-16)13-9-7-6-8-10-13/h6-10,14H,4-5,11-12,16H2,1-3H3. The van der Waals surface area contributed by atoms with Crippen LogP contribution in [0.25, 0.3) is 0 Å². The van der Waals surface area contributed by atoms with Gasteiger partial charge in [-0.3, -0.25) is 9.69 Å². The fourth-order valence-corrected chi connectivity index (χ4v) is 2.25. The van der Waals surface area contributed by atoms with Crippen molar-refractivity contribution in [2.24, 2.45) is 5.73 Å². The van der Waals surface area contributed by atoms with Gasteiger partial charge in [-0.15, -0.1) is 0 Å². The maximum Gasteiger partial charge on any atom is 0.236 e. The normalized spacial score (nSPS) is 12.5. The average Bonchev–Trinajstić information content (AvgIpc) is 2.42. The number of carbonyl (C=O) groups is 1. The Morgan fingerprint density at radius 3 is 2.26 bits per heavy atom. The summed E-state index contributed by atoms with van der Waals surface area (Å²) in [5.74, 6) is 0.155. The highest BCUT2D eigenvalue weighted by atomic mass is 16.2. The minimum Gasteiger partial charge on any atom is -0.342 e. The van der Waals surface area contributed by atoms with Crippen molar-refractivity contribution >= 4 is 5.91 Å². The predicted octanol–water partition coefficient (Wildman–Crippen LogP) is 1.49. The van der Waals surface area contributed by atoms with Gasteiger partial charge in [-0.2, -0.15) is 0 Å². The molecule has 1 unspecified atom stereocenters. The molecule has 0 aliphatic heterocycles. The highest BCUT2D eigenvalue weighted by molar-refractivity contribution is 5.78. The van der Waals surface area contributed by atoms with Crippen LogP contribution in [0.4, 0.5) is 0 Å². The number of nitrogens with two attached hydrogens (primary N) is 1. The van der Waals surface area contributed by atoms with Crippen LogP contribution in [-0.2, 0) is 4.79 Å². The number of rotatable bonds is 7. The van der Waals surface area contributed by atoms with E-state index in [-0.39, 0.29) is 11.9 Å². The molecule has 1 atom stereocenters. The van der Waals surface area contributed by atoms with Crippen LogP contribution in [0.1, 0.15) is 25.5 Å². The van der Waals surface area contributed by atoms with Gasteiger partial charge in [0.15, 0.2) is 0 Å². The molecule has 4 nitrogen and oxygen atoms in total. The third kappa shape index (κ3) is 4.33. The second kappa shape index (κ2) is 7.92. The van der Waals surface area contributed by atoms with Gasteiger partial charge in [-0.1, -0.05) is 30.3 Å². The molecule has 2 N–H and O–H groups in total. The van der Waals surface area contributed by atoms with Gasteiger partial charge >= 0.3 is 0 Å². The van der Waals surface area contributed by atoms with Gasteiger partial charge < -0.3 is 10.6 Å². The van der Waals surface area contributed by atoms with Crippen molar-refractivity contribution < 1.29 is 4.79 Å². The Labute approximate surface area is 116 Å². The topological polar surface area (TPSA) is 49.6 Å². The molecule has 0 aliphatic rings. The Morgan fingerprint density at radius 1 is 1.21 bits per heavy atom. The molecule has 19 heavy (non-hydrogen) atoms. The summed E-state index contributed by atoms with van der Waals surface area (Å²) in [4.78, 5) is 16.0. The van der Waals surface area contributed by atoms with Gasteiger partial charge in [-0.25, -0.2) is 0 Å². The van der Waals surface area contributed by atoms with Crippen LogP contribution in [0.15, 0.2) is 30.3 Å². The van der Waals surface area contributed by atoms with Crippen molar-refractivity contribution in [3.05, 3.63) is 35.9 Å². The molecule has 0 spiro atoms. The van der Waals surface area contributed by atoms with E-state index >= 15 is 0 Å². The second-order valence-electron chi connectivity index (χ2n) is 4.64. The van der Waals surface area contributed by atoms with E-state index in [1.54, 1.807) is 0 Å². The molecule has 1 rings (SSSR count). The Kier molecular flexibility index (Phi) is 6.53. The number of benzene rings is 1. The average molecular weight is 263 g/mol. The smallest absolute Gasteiger partial charge is 0.236 e. The molecule has 0 aromatic heterocycles. The zero-order chi connectivity index (χ0) is 14.3. The first kappa shape index (κ1) is 15.7. The molecule has 0 saturated carbocycles. The van der Waals surface area contributed by atoms with Crippen LogP contribution in [0.2, 0.25) is 0 Å². The van der Waals surface area contributed by atoms with Crippen molar-refractivity contribution in [2.45, 2.75) is 19.9 Å². The summed E-state index contributed by atoms with van der Waals surface area (Å²) < 4.78 is 0. The molecule has 0 heterocycles. The Bertz CT molecular complexity index is 376. The first-order valence-electron chi connectivity index (χ1n) is 6.87. The van der Waals surface area contributed by atoms with Crippen LogP contribution in [0, 0.1) is 0 Å². The monoisotopic (exact) mass is 263 g/mol. The number of amides is 1. The van der Waals surface area contributed by atoms with Crippen molar-refractivity contribution in [3.8, 4) is 0 Å². The van der Waals surface area contributed by atoms with E-state index in [4.69, 9.17) is 5.73 Å². The molecule has 0 fully saturated rings. The summed E-state index contributed by atoms with van der Waals surface area (Å²) in [7, 11) is 1.95. The summed E-state index contributed by atoms with van der Waals surface area (Å²) in [5.41, 5.74) is 7.01. The van der Waals surface area contributed by atoms with Gasteiger partial charge in [0.2, 0.25) is 5.91 Å². The Hall–Kier alpha value is -1.39. The van der Waals surface area contributed by atoms with Crippen LogP contribution < -0.4 is 5.73 Å². The maximum atomic E-state index is 12.1. The second-order valence-corrected chi connectivity index (χ2v) is 4.64. The van der Waals surface area contributed by atoms with Gasteiger partial charge in [0.1, 0.15) is 0 Å². The van der Waals surface area contributed by atoms with E-state index in [0.29, 0.717) is 13.1 Å². The van der Waals surface area contributed by atoms with Crippen LogP contribution in [-0.4, -0.2) is 48.9 Å². The molecular formula is C15H25N3O. The van der Waals surface area contributed by atoms with Crippen molar-refractivity contribution in [3.63, 3.8) is 0 Å². The first-order valence-corrected chi connectivity index (χ1v) is 6.87. The lowest BCUT2D eigenvalue weighted by atomic mass is 10.1. The number of carbonyl (C=O) groups excluding carboxylic acids is 1. The molecule has 1 aromatic rings. The number of hydrogen-bond acceptors (Lipinski definition) is 3. The molecule has 1 amide bonds. The molecule has 1 aromatic carbocycles. The minimum atomic E-state index is 0.0840. The quantitative estimate of drug-likeness (QED) is 0.811. The summed E-state index contributed by atoms with van der Waals surface area (Å²) >= 11 is 0. The third-order valence-corrected chi connectivity index (χ3v) is 3.44. The fraction of sp³-hybridized carbons (Fsp3) is 0.533. The van der Waals surface area contributed by atoms with Gasteiger partial charge in [0, 0.05) is 25.7 Å². The Balaban J connectivity index is 2.70. The van der Waals surface area contributed by atoms with Gasteiger partial charge in [-0.05, 0) is 26.5 Å². The molecule has 0 saturated heterocycles. The number of nitrogens with zero attached hydrogens (tertiary/aromatic N) is 2. The van der Waals surface area contributed by atoms with E-state index in [2.05, 4.69) is 12.1 Å². The van der Waals surface area contributed by atoms with Crippen molar-refractivity contribution in [2.75, 3.05) is 33.2 Å². The largest absolute Gasteiger partial charge is 0.342 e. The zero-order valence-electron chi connectivity index (χ0n) is 12.2. The van der Waals surface area contributed by atoms with E-state index in [9.17, 15) is 4.79 Å². The van der Waals surface area contributed by atoms with Crippen molar-refractivity contribution in [1.29, 1.82) is 0 Å². The summed E-state index contributed by atoms with van der Waals surface area (Å²) in [6, 6.07) is 10.2. The fourth-order valence-electron chi connectivity index (χ4n) is 2.25.